The Morgan fingerprint density at radius 2 is 2.18 bits per heavy atom. The first-order chi connectivity index (χ1) is 10.3. The molecular weight excluding hydrogens is 278 g/mol. The van der Waals surface area contributed by atoms with Gasteiger partial charge in [0.15, 0.2) is 0 Å². The van der Waals surface area contributed by atoms with Gasteiger partial charge in [0, 0.05) is 24.2 Å². The van der Waals surface area contributed by atoms with E-state index in [1.807, 2.05) is 50.7 Å². The monoisotopic (exact) mass is 299 g/mol. The van der Waals surface area contributed by atoms with Gasteiger partial charge in [-0.25, -0.2) is 0 Å². The molecule has 22 heavy (non-hydrogen) atoms. The van der Waals surface area contributed by atoms with E-state index >= 15 is 0 Å². The molecule has 0 unspecified atom stereocenters. The van der Waals surface area contributed by atoms with Gasteiger partial charge in [-0.1, -0.05) is 0 Å². The molecule has 2 heterocycles. The molecule has 0 atom stereocenters. The van der Waals surface area contributed by atoms with E-state index in [-0.39, 0.29) is 17.6 Å². The Morgan fingerprint density at radius 1 is 1.41 bits per heavy atom. The predicted molar refractivity (Wildman–Crippen MR) is 85.4 cm³/mol. The van der Waals surface area contributed by atoms with Crippen LogP contribution in [0.1, 0.15) is 49.7 Å². The van der Waals surface area contributed by atoms with Crippen molar-refractivity contribution in [2.24, 2.45) is 0 Å². The third-order valence-electron chi connectivity index (χ3n) is 3.71. The summed E-state index contributed by atoms with van der Waals surface area (Å²) >= 11 is 0. The molecule has 0 fully saturated rings. The molecular formula is C17H21N3O2. The number of carbonyl (C=O) groups excluding carboxylic acids is 1. The van der Waals surface area contributed by atoms with E-state index in [0.29, 0.717) is 11.3 Å². The second-order valence-corrected chi connectivity index (χ2v) is 6.62. The first kappa shape index (κ1) is 14.6. The molecule has 0 spiro atoms. The molecule has 1 aliphatic rings. The van der Waals surface area contributed by atoms with Crippen LogP contribution in [0.2, 0.25) is 0 Å². The Labute approximate surface area is 130 Å². The van der Waals surface area contributed by atoms with Crippen molar-refractivity contribution < 1.29 is 9.53 Å². The topological polar surface area (TPSA) is 56.2 Å². The molecule has 1 aromatic carbocycles. The number of nitrogens with one attached hydrogen (secondary N) is 1. The lowest BCUT2D eigenvalue weighted by Gasteiger charge is -2.16. The number of fused-ring (bicyclic) bond motifs is 1. The van der Waals surface area contributed by atoms with Gasteiger partial charge < -0.3 is 10.1 Å². The smallest absolute Gasteiger partial charge is 0.255 e. The number of anilines is 1. The Morgan fingerprint density at radius 3 is 2.86 bits per heavy atom. The number of carbonyl (C=O) groups is 1. The van der Waals surface area contributed by atoms with Crippen molar-refractivity contribution in [2.45, 2.75) is 45.8 Å². The lowest BCUT2D eigenvalue weighted by Crippen LogP contribution is -2.24. The Hall–Kier alpha value is -2.30. The zero-order valence-corrected chi connectivity index (χ0v) is 13.4. The van der Waals surface area contributed by atoms with Gasteiger partial charge in [-0.2, -0.15) is 5.10 Å². The number of hydrogen-bond donors (Lipinski definition) is 1. The maximum absolute atomic E-state index is 12.4. The van der Waals surface area contributed by atoms with E-state index < -0.39 is 0 Å². The van der Waals surface area contributed by atoms with Crippen LogP contribution in [0.5, 0.6) is 5.75 Å². The van der Waals surface area contributed by atoms with Gasteiger partial charge in [0.25, 0.3) is 5.91 Å². The number of ether oxygens (including phenoxy) is 1. The molecule has 5 nitrogen and oxygen atoms in total. The summed E-state index contributed by atoms with van der Waals surface area (Å²) in [4.78, 5) is 12.4. The lowest BCUT2D eigenvalue weighted by atomic mass is 10.00. The van der Waals surface area contributed by atoms with Crippen molar-refractivity contribution in [1.82, 2.24) is 9.78 Å². The highest BCUT2D eigenvalue weighted by Gasteiger charge is 2.30. The minimum atomic E-state index is -0.199. The number of benzene rings is 1. The number of nitrogens with zero attached hydrogens (tertiary/aromatic N) is 2. The van der Waals surface area contributed by atoms with Gasteiger partial charge >= 0.3 is 0 Å². The number of rotatable bonds is 3. The fourth-order valence-electron chi connectivity index (χ4n) is 2.64. The predicted octanol–water partition coefficient (Wildman–Crippen LogP) is 3.43. The minimum absolute atomic E-state index is 0.129. The van der Waals surface area contributed by atoms with Gasteiger partial charge in [0.05, 0.1) is 11.9 Å². The molecule has 0 saturated heterocycles. The van der Waals surface area contributed by atoms with E-state index in [2.05, 4.69) is 10.4 Å². The molecule has 1 N–H and O–H groups in total. The molecule has 5 heteroatoms. The van der Waals surface area contributed by atoms with E-state index in [9.17, 15) is 4.79 Å². The second kappa shape index (κ2) is 5.16. The molecule has 0 bridgehead atoms. The summed E-state index contributed by atoms with van der Waals surface area (Å²) in [6.07, 6.45) is 4.31. The molecule has 0 radical (unpaired) electrons. The van der Waals surface area contributed by atoms with Crippen LogP contribution in [0, 0.1) is 0 Å². The maximum atomic E-state index is 12.4. The fraction of sp³-hybridized carbons (Fsp3) is 0.412. The van der Waals surface area contributed by atoms with E-state index in [0.717, 1.165) is 17.7 Å². The summed E-state index contributed by atoms with van der Waals surface area (Å²) in [6.45, 7) is 8.18. The summed E-state index contributed by atoms with van der Waals surface area (Å²) in [6, 6.07) is 5.84. The van der Waals surface area contributed by atoms with Crippen molar-refractivity contribution in [3.05, 3.63) is 41.7 Å². The van der Waals surface area contributed by atoms with Gasteiger partial charge in [-0.15, -0.1) is 0 Å². The highest BCUT2D eigenvalue weighted by molar-refractivity contribution is 6.04. The fourth-order valence-corrected chi connectivity index (χ4v) is 2.64. The van der Waals surface area contributed by atoms with Crippen LogP contribution in [0.25, 0.3) is 0 Å². The van der Waals surface area contributed by atoms with Crippen LogP contribution in [0.4, 0.5) is 5.69 Å². The summed E-state index contributed by atoms with van der Waals surface area (Å²) < 4.78 is 7.65. The first-order valence-corrected chi connectivity index (χ1v) is 7.51. The van der Waals surface area contributed by atoms with Crippen molar-refractivity contribution in [3.63, 3.8) is 0 Å². The average Bonchev–Trinajstić information content (AvgIpc) is 2.99. The molecule has 3 rings (SSSR count). The van der Waals surface area contributed by atoms with Crippen LogP contribution < -0.4 is 10.1 Å². The number of aromatic nitrogens is 2. The van der Waals surface area contributed by atoms with Crippen molar-refractivity contribution in [3.8, 4) is 5.75 Å². The number of hydrogen-bond acceptors (Lipinski definition) is 3. The van der Waals surface area contributed by atoms with Crippen molar-refractivity contribution in [1.29, 1.82) is 0 Å². The van der Waals surface area contributed by atoms with E-state index in [1.165, 1.54) is 0 Å². The Balaban J connectivity index is 1.76. The lowest BCUT2D eigenvalue weighted by molar-refractivity contribution is 0.102. The maximum Gasteiger partial charge on any atom is 0.255 e. The number of amides is 1. The zero-order valence-electron chi connectivity index (χ0n) is 13.4. The van der Waals surface area contributed by atoms with E-state index in [1.54, 1.807) is 12.3 Å². The molecule has 1 aromatic heterocycles. The Bertz CT molecular complexity index is 716. The molecule has 0 saturated carbocycles. The average molecular weight is 299 g/mol. The summed E-state index contributed by atoms with van der Waals surface area (Å²) in [7, 11) is 0. The highest BCUT2D eigenvalue weighted by atomic mass is 16.5. The van der Waals surface area contributed by atoms with Crippen LogP contribution in [0.15, 0.2) is 30.6 Å². The third-order valence-corrected chi connectivity index (χ3v) is 3.71. The zero-order chi connectivity index (χ0) is 15.9. The first-order valence-electron chi connectivity index (χ1n) is 7.51. The van der Waals surface area contributed by atoms with Gasteiger partial charge in [0.2, 0.25) is 0 Å². The van der Waals surface area contributed by atoms with Crippen LogP contribution in [-0.4, -0.2) is 21.3 Å². The molecule has 1 aliphatic heterocycles. The van der Waals surface area contributed by atoms with Gasteiger partial charge in [-0.3, -0.25) is 9.48 Å². The normalized spacial score (nSPS) is 15.5. The standard InChI is InChI=1S/C17H21N3O2/c1-11(2)20-10-14(9-18-20)19-16(21)12-5-6-15-13(7-12)8-17(3,4)22-15/h5-7,9-11H,8H2,1-4H3,(H,19,21). The molecule has 1 amide bonds. The SMILES string of the molecule is CC(C)n1cc(NC(=O)c2ccc3c(c2)CC(C)(C)O3)cn1. The summed E-state index contributed by atoms with van der Waals surface area (Å²) in [5.41, 5.74) is 2.22. The van der Waals surface area contributed by atoms with E-state index in [4.69, 9.17) is 4.74 Å². The van der Waals surface area contributed by atoms with Crippen molar-refractivity contribution in [2.75, 3.05) is 5.32 Å². The largest absolute Gasteiger partial charge is 0.487 e. The third kappa shape index (κ3) is 2.84. The molecule has 0 aliphatic carbocycles. The molecule has 2 aromatic rings. The quantitative estimate of drug-likeness (QED) is 0.944. The van der Waals surface area contributed by atoms with Crippen LogP contribution in [0.3, 0.4) is 0 Å². The highest BCUT2D eigenvalue weighted by Crippen LogP contribution is 2.35. The van der Waals surface area contributed by atoms with Crippen molar-refractivity contribution >= 4 is 11.6 Å². The second-order valence-electron chi connectivity index (χ2n) is 6.62. The molecule has 116 valence electrons. The minimum Gasteiger partial charge on any atom is -0.487 e. The summed E-state index contributed by atoms with van der Waals surface area (Å²) in [5.74, 6) is 0.741. The summed E-state index contributed by atoms with van der Waals surface area (Å²) in [5, 5.41) is 7.10. The van der Waals surface area contributed by atoms with Crippen LogP contribution >= 0.6 is 0 Å². The van der Waals surface area contributed by atoms with Crippen LogP contribution in [-0.2, 0) is 6.42 Å². The van der Waals surface area contributed by atoms with Gasteiger partial charge in [0.1, 0.15) is 11.4 Å². The van der Waals surface area contributed by atoms with Gasteiger partial charge in [-0.05, 0) is 51.5 Å². The Kier molecular flexibility index (Phi) is 3.43.